The molecule has 1 N–H and O–H groups in total. The number of fused-ring (bicyclic) bond motifs is 2. The van der Waals surface area contributed by atoms with E-state index in [0.29, 0.717) is 11.5 Å². The minimum atomic E-state index is 0.644. The Hall–Kier alpha value is 0.310. The maximum absolute atomic E-state index is 3.75. The van der Waals surface area contributed by atoms with Crippen molar-refractivity contribution in [3.63, 3.8) is 0 Å². The van der Waals surface area contributed by atoms with Crippen molar-refractivity contribution in [1.29, 1.82) is 0 Å². The van der Waals surface area contributed by atoms with Crippen LogP contribution in [-0.2, 0) is 0 Å². The molecule has 106 valence electrons. The molecule has 0 amide bonds. The average molecular weight is 269 g/mol. The molecule has 0 aromatic carbocycles. The highest BCUT2D eigenvalue weighted by molar-refractivity contribution is 7.99. The van der Waals surface area contributed by atoms with Crippen LogP contribution in [0.3, 0.4) is 0 Å². The van der Waals surface area contributed by atoms with Gasteiger partial charge in [-0.3, -0.25) is 0 Å². The zero-order valence-corrected chi connectivity index (χ0v) is 13.3. The summed E-state index contributed by atoms with van der Waals surface area (Å²) in [6.07, 6.45) is 9.01. The highest BCUT2D eigenvalue weighted by Gasteiger charge is 2.49. The van der Waals surface area contributed by atoms with Crippen molar-refractivity contribution in [2.45, 2.75) is 65.3 Å². The molecule has 0 aromatic heterocycles. The van der Waals surface area contributed by atoms with E-state index in [0.717, 1.165) is 11.8 Å². The predicted octanol–water partition coefficient (Wildman–Crippen LogP) is 4.32. The molecular weight excluding hydrogens is 238 g/mol. The van der Waals surface area contributed by atoms with Gasteiger partial charge in [-0.1, -0.05) is 27.2 Å². The Bertz CT molecular complexity index is 253. The van der Waals surface area contributed by atoms with Gasteiger partial charge in [0.1, 0.15) is 0 Å². The van der Waals surface area contributed by atoms with Gasteiger partial charge in [0.25, 0.3) is 0 Å². The third-order valence-corrected chi connectivity index (χ3v) is 6.12. The molecule has 0 radical (unpaired) electrons. The molecule has 0 saturated heterocycles. The molecule has 2 saturated carbocycles. The fraction of sp³-hybridized carbons (Fsp3) is 1.00. The first kappa shape index (κ1) is 14.7. The van der Waals surface area contributed by atoms with Crippen LogP contribution in [0.2, 0.25) is 0 Å². The normalized spacial score (nSPS) is 34.7. The van der Waals surface area contributed by atoms with Crippen molar-refractivity contribution in [3.05, 3.63) is 0 Å². The highest BCUT2D eigenvalue weighted by atomic mass is 32.2. The minimum Gasteiger partial charge on any atom is -0.314 e. The van der Waals surface area contributed by atoms with Crippen molar-refractivity contribution in [2.75, 3.05) is 18.1 Å². The van der Waals surface area contributed by atoms with E-state index in [9.17, 15) is 0 Å². The van der Waals surface area contributed by atoms with Crippen LogP contribution >= 0.6 is 11.8 Å². The third kappa shape index (κ3) is 3.45. The maximum Gasteiger partial charge on any atom is 0.00129 e. The average Bonchev–Trinajstić information content (AvgIpc) is 2.93. The quantitative estimate of drug-likeness (QED) is 0.658. The largest absolute Gasteiger partial charge is 0.314 e. The summed E-state index contributed by atoms with van der Waals surface area (Å²) in [7, 11) is 0. The summed E-state index contributed by atoms with van der Waals surface area (Å²) in [6, 6.07) is 0.644. The smallest absolute Gasteiger partial charge is 0.00129 e. The molecule has 0 aliphatic heterocycles. The molecule has 1 nitrogen and oxygen atoms in total. The second-order valence-electron chi connectivity index (χ2n) is 6.78. The SMILES string of the molecule is CCSCCCC1(CNC(C)C)CC2CCC1C2. The highest BCUT2D eigenvalue weighted by Crippen LogP contribution is 2.57. The summed E-state index contributed by atoms with van der Waals surface area (Å²) < 4.78 is 0. The molecule has 2 aliphatic rings. The van der Waals surface area contributed by atoms with E-state index in [2.05, 4.69) is 37.8 Å². The van der Waals surface area contributed by atoms with Crippen LogP contribution in [0.4, 0.5) is 0 Å². The lowest BCUT2D eigenvalue weighted by Crippen LogP contribution is -2.41. The molecule has 2 aliphatic carbocycles. The molecule has 0 aromatic rings. The lowest BCUT2D eigenvalue weighted by molar-refractivity contribution is 0.138. The summed E-state index contributed by atoms with van der Waals surface area (Å²) in [5, 5.41) is 3.75. The van der Waals surface area contributed by atoms with Crippen LogP contribution in [0.25, 0.3) is 0 Å². The van der Waals surface area contributed by atoms with Gasteiger partial charge in [-0.15, -0.1) is 0 Å². The van der Waals surface area contributed by atoms with Crippen molar-refractivity contribution in [2.24, 2.45) is 17.3 Å². The van der Waals surface area contributed by atoms with Gasteiger partial charge in [0.2, 0.25) is 0 Å². The van der Waals surface area contributed by atoms with Gasteiger partial charge in [-0.2, -0.15) is 11.8 Å². The van der Waals surface area contributed by atoms with Crippen LogP contribution in [0, 0.1) is 17.3 Å². The molecule has 2 heteroatoms. The fourth-order valence-electron chi connectivity index (χ4n) is 4.25. The summed E-state index contributed by atoms with van der Waals surface area (Å²) in [5.41, 5.74) is 0.668. The second-order valence-corrected chi connectivity index (χ2v) is 8.17. The van der Waals surface area contributed by atoms with E-state index in [1.165, 1.54) is 50.2 Å². The van der Waals surface area contributed by atoms with Crippen molar-refractivity contribution in [1.82, 2.24) is 5.32 Å². The molecule has 3 unspecified atom stereocenters. The number of rotatable bonds is 8. The minimum absolute atomic E-state index is 0.644. The van der Waals surface area contributed by atoms with Crippen molar-refractivity contribution in [3.8, 4) is 0 Å². The molecule has 18 heavy (non-hydrogen) atoms. The van der Waals surface area contributed by atoms with Crippen LogP contribution < -0.4 is 5.32 Å². The number of thioether (sulfide) groups is 1. The topological polar surface area (TPSA) is 12.0 Å². The molecule has 3 atom stereocenters. The van der Waals surface area contributed by atoms with Crippen LogP contribution in [-0.4, -0.2) is 24.1 Å². The monoisotopic (exact) mass is 269 g/mol. The maximum atomic E-state index is 3.75. The van der Waals surface area contributed by atoms with Crippen molar-refractivity contribution < 1.29 is 0 Å². The molecular formula is C16H31NS. The Balaban J connectivity index is 1.86. The molecule has 2 fully saturated rings. The Kier molecular flexibility index (Phi) is 5.44. The van der Waals surface area contributed by atoms with E-state index >= 15 is 0 Å². The summed E-state index contributed by atoms with van der Waals surface area (Å²) in [4.78, 5) is 0. The second kappa shape index (κ2) is 6.65. The zero-order chi connectivity index (χ0) is 13.0. The fourth-order valence-corrected chi connectivity index (χ4v) is 4.88. The van der Waals surface area contributed by atoms with Crippen LogP contribution in [0.5, 0.6) is 0 Å². The Labute approximate surface area is 118 Å². The number of hydrogen-bond acceptors (Lipinski definition) is 2. The molecule has 0 spiro atoms. The van der Waals surface area contributed by atoms with E-state index in [-0.39, 0.29) is 0 Å². The van der Waals surface area contributed by atoms with Crippen LogP contribution in [0.1, 0.15) is 59.3 Å². The Morgan fingerprint density at radius 2 is 2.17 bits per heavy atom. The van der Waals surface area contributed by atoms with Gasteiger partial charge >= 0.3 is 0 Å². The number of hydrogen-bond donors (Lipinski definition) is 1. The van der Waals surface area contributed by atoms with Gasteiger partial charge in [0, 0.05) is 12.6 Å². The standard InChI is InChI=1S/C16H31NS/c1-4-18-9-5-8-16(12-17-13(2)3)11-14-6-7-15(16)10-14/h13-15,17H,4-12H2,1-3H3. The van der Waals surface area contributed by atoms with Gasteiger partial charge < -0.3 is 5.32 Å². The first-order chi connectivity index (χ1) is 8.66. The Morgan fingerprint density at radius 1 is 1.33 bits per heavy atom. The van der Waals surface area contributed by atoms with E-state index in [1.807, 2.05) is 0 Å². The molecule has 0 heterocycles. The molecule has 2 bridgehead atoms. The Morgan fingerprint density at radius 3 is 2.72 bits per heavy atom. The van der Waals surface area contributed by atoms with Crippen molar-refractivity contribution >= 4 is 11.8 Å². The van der Waals surface area contributed by atoms with Crippen LogP contribution in [0.15, 0.2) is 0 Å². The lowest BCUT2D eigenvalue weighted by Gasteiger charge is -2.39. The summed E-state index contributed by atoms with van der Waals surface area (Å²) in [6.45, 7) is 8.13. The van der Waals surface area contributed by atoms with E-state index in [1.54, 1.807) is 6.42 Å². The predicted molar refractivity (Wildman–Crippen MR) is 83.3 cm³/mol. The van der Waals surface area contributed by atoms with E-state index in [4.69, 9.17) is 0 Å². The van der Waals surface area contributed by atoms with E-state index < -0.39 is 0 Å². The molecule has 2 rings (SSSR count). The lowest BCUT2D eigenvalue weighted by atomic mass is 9.70. The number of nitrogens with one attached hydrogen (secondary N) is 1. The summed E-state index contributed by atoms with van der Waals surface area (Å²) >= 11 is 2.11. The van der Waals surface area contributed by atoms with Gasteiger partial charge in [0.05, 0.1) is 0 Å². The first-order valence-electron chi connectivity index (χ1n) is 7.97. The van der Waals surface area contributed by atoms with Gasteiger partial charge in [-0.25, -0.2) is 0 Å². The zero-order valence-electron chi connectivity index (χ0n) is 12.5. The van der Waals surface area contributed by atoms with Gasteiger partial charge in [0.15, 0.2) is 0 Å². The van der Waals surface area contributed by atoms with Gasteiger partial charge in [-0.05, 0) is 60.9 Å². The summed E-state index contributed by atoms with van der Waals surface area (Å²) in [5.74, 6) is 4.77. The first-order valence-corrected chi connectivity index (χ1v) is 9.13. The third-order valence-electron chi connectivity index (χ3n) is 5.13.